The van der Waals surface area contributed by atoms with Crippen LogP contribution in [0.5, 0.6) is 0 Å². The molecule has 1 saturated heterocycles. The Labute approximate surface area is 137 Å². The number of anilines is 1. The molecule has 0 saturated carbocycles. The zero-order valence-electron chi connectivity index (χ0n) is 13.1. The summed E-state index contributed by atoms with van der Waals surface area (Å²) in [6, 6.07) is 5.36. The smallest absolute Gasteiger partial charge is 0.253 e. The number of hydrogen-bond acceptors (Lipinski definition) is 3. The van der Waals surface area contributed by atoms with Crippen LogP contribution in [0, 0.1) is 12.8 Å². The molecule has 0 spiro atoms. The minimum absolute atomic E-state index is 0. The van der Waals surface area contributed by atoms with Crippen molar-refractivity contribution in [3.63, 3.8) is 0 Å². The van der Waals surface area contributed by atoms with Gasteiger partial charge in [0.15, 0.2) is 0 Å². The van der Waals surface area contributed by atoms with Gasteiger partial charge in [0.25, 0.3) is 5.91 Å². The van der Waals surface area contributed by atoms with Gasteiger partial charge in [-0.2, -0.15) is 0 Å². The minimum atomic E-state index is -0.234. The molecule has 2 rings (SSSR count). The number of carbonyl (C=O) groups is 2. The molecule has 5 nitrogen and oxygen atoms in total. The summed E-state index contributed by atoms with van der Waals surface area (Å²) in [6.45, 7) is 5.70. The fourth-order valence-corrected chi connectivity index (χ4v) is 2.53. The second-order valence-corrected chi connectivity index (χ2v) is 5.76. The van der Waals surface area contributed by atoms with Crippen molar-refractivity contribution in [2.75, 3.05) is 25.0 Å². The highest BCUT2D eigenvalue weighted by Gasteiger charge is 2.21. The maximum Gasteiger partial charge on any atom is 0.253 e. The number of benzene rings is 1. The predicted molar refractivity (Wildman–Crippen MR) is 90.4 cm³/mol. The number of rotatable bonds is 3. The predicted octanol–water partition coefficient (Wildman–Crippen LogP) is 2.19. The van der Waals surface area contributed by atoms with E-state index in [1.165, 1.54) is 0 Å². The number of nitrogens with zero attached hydrogens (tertiary/aromatic N) is 1. The van der Waals surface area contributed by atoms with Crippen LogP contribution in [-0.2, 0) is 4.79 Å². The van der Waals surface area contributed by atoms with Gasteiger partial charge in [-0.1, -0.05) is 6.92 Å². The summed E-state index contributed by atoms with van der Waals surface area (Å²) in [7, 11) is 0. The van der Waals surface area contributed by atoms with Gasteiger partial charge in [-0.15, -0.1) is 12.4 Å². The Balaban J connectivity index is 0.00000242. The van der Waals surface area contributed by atoms with Crippen LogP contribution in [0.15, 0.2) is 18.2 Å². The van der Waals surface area contributed by atoms with E-state index in [2.05, 4.69) is 12.2 Å². The molecule has 6 heteroatoms. The Hall–Kier alpha value is -1.59. The first-order valence-electron chi connectivity index (χ1n) is 7.41. The van der Waals surface area contributed by atoms with Crippen LogP contribution in [0.25, 0.3) is 0 Å². The van der Waals surface area contributed by atoms with Crippen molar-refractivity contribution in [2.24, 2.45) is 11.7 Å². The number of piperidine rings is 1. The van der Waals surface area contributed by atoms with Crippen LogP contribution in [0.1, 0.15) is 35.7 Å². The number of amides is 2. The van der Waals surface area contributed by atoms with E-state index >= 15 is 0 Å². The molecule has 0 aliphatic carbocycles. The molecule has 0 bridgehead atoms. The van der Waals surface area contributed by atoms with Crippen molar-refractivity contribution < 1.29 is 9.59 Å². The Kier molecular flexibility index (Phi) is 6.84. The molecule has 0 radical (unpaired) electrons. The fourth-order valence-electron chi connectivity index (χ4n) is 2.53. The lowest BCUT2D eigenvalue weighted by molar-refractivity contribution is -0.114. The van der Waals surface area contributed by atoms with Crippen molar-refractivity contribution in [1.29, 1.82) is 0 Å². The van der Waals surface area contributed by atoms with Crippen molar-refractivity contribution in [3.05, 3.63) is 29.3 Å². The molecule has 22 heavy (non-hydrogen) atoms. The largest absolute Gasteiger partial charge is 0.339 e. The SMILES string of the molecule is Cc1cc(C(=O)N2CCC(C)CC2)ccc1NC(=O)CN.Cl. The standard InChI is InChI=1S/C16H23N3O2.ClH/c1-11-5-7-19(8-6-11)16(21)13-3-4-14(12(2)9-13)18-15(20)10-17;/h3-4,9,11H,5-8,10,17H2,1-2H3,(H,18,20);1H. The summed E-state index contributed by atoms with van der Waals surface area (Å²) in [5.41, 5.74) is 7.53. The Morgan fingerprint density at radius 2 is 1.95 bits per heavy atom. The summed E-state index contributed by atoms with van der Waals surface area (Å²) in [5.74, 6) is 0.536. The van der Waals surface area contributed by atoms with Crippen molar-refractivity contribution >= 4 is 29.9 Å². The summed E-state index contributed by atoms with van der Waals surface area (Å²) in [4.78, 5) is 25.7. The molecule has 3 N–H and O–H groups in total. The number of likely N-dealkylation sites (tertiary alicyclic amines) is 1. The molecule has 1 fully saturated rings. The Morgan fingerprint density at radius 3 is 2.50 bits per heavy atom. The van der Waals surface area contributed by atoms with Crippen molar-refractivity contribution in [1.82, 2.24) is 4.90 Å². The highest BCUT2D eigenvalue weighted by Crippen LogP contribution is 2.21. The molecule has 1 aliphatic rings. The lowest BCUT2D eigenvalue weighted by Crippen LogP contribution is -2.37. The van der Waals surface area contributed by atoms with E-state index in [1.807, 2.05) is 17.9 Å². The summed E-state index contributed by atoms with van der Waals surface area (Å²) in [6.07, 6.45) is 2.13. The molecular weight excluding hydrogens is 302 g/mol. The van der Waals surface area contributed by atoms with Crippen LogP contribution in [0.2, 0.25) is 0 Å². The lowest BCUT2D eigenvalue weighted by atomic mass is 9.98. The van der Waals surface area contributed by atoms with Crippen LogP contribution < -0.4 is 11.1 Å². The number of carbonyl (C=O) groups excluding carboxylic acids is 2. The topological polar surface area (TPSA) is 75.4 Å². The maximum absolute atomic E-state index is 12.5. The van der Waals surface area contributed by atoms with E-state index in [-0.39, 0.29) is 30.8 Å². The summed E-state index contributed by atoms with van der Waals surface area (Å²) >= 11 is 0. The molecule has 2 amide bonds. The molecular formula is C16H24ClN3O2. The van der Waals surface area contributed by atoms with Gasteiger partial charge < -0.3 is 16.0 Å². The van der Waals surface area contributed by atoms with Crippen LogP contribution in [0.4, 0.5) is 5.69 Å². The van der Waals surface area contributed by atoms with Gasteiger partial charge in [0.2, 0.25) is 5.91 Å². The fraction of sp³-hybridized carbons (Fsp3) is 0.500. The van der Waals surface area contributed by atoms with Gasteiger partial charge in [0, 0.05) is 24.3 Å². The Bertz CT molecular complexity index is 540. The zero-order valence-corrected chi connectivity index (χ0v) is 13.9. The van der Waals surface area contributed by atoms with Gasteiger partial charge in [0.1, 0.15) is 0 Å². The third kappa shape index (κ3) is 4.45. The number of aryl methyl sites for hydroxylation is 1. The number of halogens is 1. The second kappa shape index (κ2) is 8.15. The molecule has 1 aliphatic heterocycles. The summed E-state index contributed by atoms with van der Waals surface area (Å²) < 4.78 is 0. The normalized spacial score (nSPS) is 15.1. The number of nitrogens with one attached hydrogen (secondary N) is 1. The average molecular weight is 326 g/mol. The third-order valence-corrected chi connectivity index (χ3v) is 4.00. The Morgan fingerprint density at radius 1 is 1.32 bits per heavy atom. The summed E-state index contributed by atoms with van der Waals surface area (Å²) in [5, 5.41) is 2.72. The molecule has 0 atom stereocenters. The molecule has 122 valence electrons. The zero-order chi connectivity index (χ0) is 15.4. The van der Waals surface area contributed by atoms with Gasteiger partial charge >= 0.3 is 0 Å². The molecule has 1 aromatic carbocycles. The van der Waals surface area contributed by atoms with E-state index in [9.17, 15) is 9.59 Å². The van der Waals surface area contributed by atoms with Gasteiger partial charge in [-0.05, 0) is 49.4 Å². The highest BCUT2D eigenvalue weighted by molar-refractivity contribution is 5.97. The monoisotopic (exact) mass is 325 g/mol. The molecule has 1 heterocycles. The second-order valence-electron chi connectivity index (χ2n) is 5.76. The third-order valence-electron chi connectivity index (χ3n) is 4.00. The first kappa shape index (κ1) is 18.5. The van der Waals surface area contributed by atoms with E-state index < -0.39 is 0 Å². The van der Waals surface area contributed by atoms with E-state index in [4.69, 9.17) is 5.73 Å². The maximum atomic E-state index is 12.5. The van der Waals surface area contributed by atoms with E-state index in [0.717, 1.165) is 31.5 Å². The van der Waals surface area contributed by atoms with Gasteiger partial charge in [-0.3, -0.25) is 9.59 Å². The molecule has 1 aromatic rings. The first-order valence-corrected chi connectivity index (χ1v) is 7.41. The molecule has 0 aromatic heterocycles. The van der Waals surface area contributed by atoms with Crippen LogP contribution >= 0.6 is 12.4 Å². The highest BCUT2D eigenvalue weighted by atomic mass is 35.5. The average Bonchev–Trinajstić information content (AvgIpc) is 2.49. The van der Waals surface area contributed by atoms with E-state index in [0.29, 0.717) is 17.2 Å². The minimum Gasteiger partial charge on any atom is -0.339 e. The number of hydrogen-bond donors (Lipinski definition) is 2. The van der Waals surface area contributed by atoms with Crippen LogP contribution in [-0.4, -0.2) is 36.3 Å². The first-order chi connectivity index (χ1) is 10.0. The van der Waals surface area contributed by atoms with Gasteiger partial charge in [-0.25, -0.2) is 0 Å². The molecule has 0 unspecified atom stereocenters. The quantitative estimate of drug-likeness (QED) is 0.894. The number of nitrogens with two attached hydrogens (primary N) is 1. The van der Waals surface area contributed by atoms with Crippen LogP contribution in [0.3, 0.4) is 0 Å². The van der Waals surface area contributed by atoms with Crippen molar-refractivity contribution in [3.8, 4) is 0 Å². The van der Waals surface area contributed by atoms with Gasteiger partial charge in [0.05, 0.1) is 6.54 Å². The van der Waals surface area contributed by atoms with Crippen molar-refractivity contribution in [2.45, 2.75) is 26.7 Å². The van der Waals surface area contributed by atoms with E-state index in [1.54, 1.807) is 12.1 Å². The lowest BCUT2D eigenvalue weighted by Gasteiger charge is -2.30.